The zero-order valence-corrected chi connectivity index (χ0v) is 12.6. The lowest BCUT2D eigenvalue weighted by molar-refractivity contribution is 0.133. The topological polar surface area (TPSA) is 46.6 Å². The molecule has 0 unspecified atom stereocenters. The molecule has 0 amide bonds. The van der Waals surface area contributed by atoms with Crippen molar-refractivity contribution in [2.45, 2.75) is 18.4 Å². The standard InChI is InChI=1S/C16H17NO3S/c1-13-6-8-15(9-7-13)21(18,19)17-10-11-20-12-14-4-2-3-5-16(14)17/h2-9H,10-12H2,1H3. The molecule has 0 N–H and O–H groups in total. The van der Waals surface area contributed by atoms with Gasteiger partial charge in [0, 0.05) is 5.56 Å². The van der Waals surface area contributed by atoms with Crippen LogP contribution in [0.3, 0.4) is 0 Å². The van der Waals surface area contributed by atoms with Gasteiger partial charge in [-0.2, -0.15) is 0 Å². The van der Waals surface area contributed by atoms with Crippen LogP contribution in [0.4, 0.5) is 5.69 Å². The summed E-state index contributed by atoms with van der Waals surface area (Å²) in [6.07, 6.45) is 0. The molecule has 0 atom stereocenters. The second kappa shape index (κ2) is 5.50. The number of ether oxygens (including phenoxy) is 1. The molecule has 1 aliphatic heterocycles. The monoisotopic (exact) mass is 303 g/mol. The molecule has 1 heterocycles. The molecule has 0 radical (unpaired) electrons. The highest BCUT2D eigenvalue weighted by Crippen LogP contribution is 2.29. The highest BCUT2D eigenvalue weighted by atomic mass is 32.2. The van der Waals surface area contributed by atoms with Crippen molar-refractivity contribution >= 4 is 15.7 Å². The molecule has 0 spiro atoms. The lowest BCUT2D eigenvalue weighted by atomic mass is 10.2. The Hall–Kier alpha value is -1.85. The second-order valence-electron chi connectivity index (χ2n) is 5.07. The summed E-state index contributed by atoms with van der Waals surface area (Å²) in [7, 11) is -3.56. The van der Waals surface area contributed by atoms with E-state index in [1.807, 2.05) is 43.3 Å². The molecule has 4 nitrogen and oxygen atoms in total. The van der Waals surface area contributed by atoms with Crippen molar-refractivity contribution in [3.8, 4) is 0 Å². The first kappa shape index (κ1) is 14.1. The summed E-state index contributed by atoms with van der Waals surface area (Å²) in [6.45, 7) is 3.09. The van der Waals surface area contributed by atoms with Crippen LogP contribution in [-0.2, 0) is 21.4 Å². The number of anilines is 1. The quantitative estimate of drug-likeness (QED) is 0.857. The first-order valence-electron chi connectivity index (χ1n) is 6.84. The SMILES string of the molecule is Cc1ccc(S(=O)(=O)N2CCOCc3ccccc32)cc1. The Morgan fingerprint density at radius 2 is 1.76 bits per heavy atom. The molecule has 2 aromatic carbocycles. The van der Waals surface area contributed by atoms with Gasteiger partial charge in [0.25, 0.3) is 10.0 Å². The number of aryl methyl sites for hydroxylation is 1. The Morgan fingerprint density at radius 1 is 1.05 bits per heavy atom. The van der Waals surface area contributed by atoms with Crippen molar-refractivity contribution in [2.75, 3.05) is 17.5 Å². The van der Waals surface area contributed by atoms with Crippen LogP contribution >= 0.6 is 0 Å². The average molecular weight is 303 g/mol. The number of hydrogen-bond acceptors (Lipinski definition) is 3. The van der Waals surface area contributed by atoms with Gasteiger partial charge in [-0.05, 0) is 25.1 Å². The van der Waals surface area contributed by atoms with Gasteiger partial charge in [-0.1, -0.05) is 35.9 Å². The van der Waals surface area contributed by atoms with Crippen LogP contribution in [-0.4, -0.2) is 21.6 Å². The normalized spacial score (nSPS) is 15.4. The molecule has 1 aliphatic rings. The fraction of sp³-hybridized carbons (Fsp3) is 0.250. The van der Waals surface area contributed by atoms with Crippen molar-refractivity contribution in [3.05, 3.63) is 59.7 Å². The number of hydrogen-bond donors (Lipinski definition) is 0. The lowest BCUT2D eigenvalue weighted by Gasteiger charge is -2.23. The maximum Gasteiger partial charge on any atom is 0.264 e. The van der Waals surface area contributed by atoms with Gasteiger partial charge in [0.2, 0.25) is 0 Å². The van der Waals surface area contributed by atoms with E-state index in [1.54, 1.807) is 12.1 Å². The Morgan fingerprint density at radius 3 is 2.52 bits per heavy atom. The first-order valence-corrected chi connectivity index (χ1v) is 8.28. The number of rotatable bonds is 2. The van der Waals surface area contributed by atoms with Gasteiger partial charge in [-0.3, -0.25) is 4.31 Å². The van der Waals surface area contributed by atoms with E-state index in [2.05, 4.69) is 0 Å². The largest absolute Gasteiger partial charge is 0.375 e. The summed E-state index contributed by atoms with van der Waals surface area (Å²) in [5.41, 5.74) is 2.63. The van der Waals surface area contributed by atoms with Gasteiger partial charge >= 0.3 is 0 Å². The molecule has 2 aromatic rings. The predicted molar refractivity (Wildman–Crippen MR) is 81.8 cm³/mol. The minimum absolute atomic E-state index is 0.310. The minimum Gasteiger partial charge on any atom is -0.375 e. The van der Waals surface area contributed by atoms with Crippen LogP contribution in [0.2, 0.25) is 0 Å². The van der Waals surface area contributed by atoms with E-state index in [-0.39, 0.29) is 0 Å². The molecule has 0 aromatic heterocycles. The summed E-state index contributed by atoms with van der Waals surface area (Å²) in [4.78, 5) is 0.310. The summed E-state index contributed by atoms with van der Waals surface area (Å²) in [6, 6.07) is 14.4. The molecule has 110 valence electrons. The Bertz CT molecular complexity index is 738. The van der Waals surface area contributed by atoms with Crippen molar-refractivity contribution < 1.29 is 13.2 Å². The third-order valence-electron chi connectivity index (χ3n) is 3.57. The Labute approximate surface area is 125 Å². The van der Waals surface area contributed by atoms with Gasteiger partial charge < -0.3 is 4.74 Å². The van der Waals surface area contributed by atoms with Crippen LogP contribution in [0.15, 0.2) is 53.4 Å². The number of fused-ring (bicyclic) bond motifs is 1. The van der Waals surface area contributed by atoms with E-state index >= 15 is 0 Å². The third kappa shape index (κ3) is 2.66. The molecule has 0 saturated carbocycles. The van der Waals surface area contributed by atoms with E-state index in [0.29, 0.717) is 30.3 Å². The number of nitrogens with zero attached hydrogens (tertiary/aromatic N) is 1. The summed E-state index contributed by atoms with van der Waals surface area (Å²) in [5, 5.41) is 0. The van der Waals surface area contributed by atoms with E-state index in [0.717, 1.165) is 11.1 Å². The molecular formula is C16H17NO3S. The fourth-order valence-electron chi connectivity index (χ4n) is 2.41. The third-order valence-corrected chi connectivity index (χ3v) is 5.39. The number of para-hydroxylation sites is 1. The van der Waals surface area contributed by atoms with Crippen molar-refractivity contribution in [3.63, 3.8) is 0 Å². The highest BCUT2D eigenvalue weighted by molar-refractivity contribution is 7.92. The Kier molecular flexibility index (Phi) is 3.69. The first-order chi connectivity index (χ1) is 10.1. The van der Waals surface area contributed by atoms with Crippen molar-refractivity contribution in [2.24, 2.45) is 0 Å². The van der Waals surface area contributed by atoms with Gasteiger partial charge in [0.15, 0.2) is 0 Å². The predicted octanol–water partition coefficient (Wildman–Crippen LogP) is 2.72. The van der Waals surface area contributed by atoms with Gasteiger partial charge in [-0.25, -0.2) is 8.42 Å². The maximum atomic E-state index is 12.9. The molecule has 21 heavy (non-hydrogen) atoms. The van der Waals surface area contributed by atoms with Gasteiger partial charge in [0.05, 0.1) is 30.3 Å². The van der Waals surface area contributed by atoms with Crippen LogP contribution in [0.25, 0.3) is 0 Å². The zero-order chi connectivity index (χ0) is 14.9. The summed E-state index contributed by atoms with van der Waals surface area (Å²) < 4.78 is 32.7. The van der Waals surface area contributed by atoms with Crippen molar-refractivity contribution in [1.82, 2.24) is 0 Å². The smallest absolute Gasteiger partial charge is 0.264 e. The van der Waals surface area contributed by atoms with Crippen molar-refractivity contribution in [1.29, 1.82) is 0 Å². The summed E-state index contributed by atoms with van der Waals surface area (Å²) >= 11 is 0. The minimum atomic E-state index is -3.56. The summed E-state index contributed by atoms with van der Waals surface area (Å²) in [5.74, 6) is 0. The van der Waals surface area contributed by atoms with E-state index in [1.165, 1.54) is 4.31 Å². The van der Waals surface area contributed by atoms with Gasteiger partial charge in [-0.15, -0.1) is 0 Å². The average Bonchev–Trinajstić information content (AvgIpc) is 2.70. The van der Waals surface area contributed by atoms with Crippen LogP contribution < -0.4 is 4.31 Å². The van der Waals surface area contributed by atoms with Crippen LogP contribution in [0.1, 0.15) is 11.1 Å². The number of sulfonamides is 1. The number of benzene rings is 2. The molecule has 0 aliphatic carbocycles. The maximum absolute atomic E-state index is 12.9. The van der Waals surface area contributed by atoms with E-state index in [4.69, 9.17) is 4.74 Å². The Balaban J connectivity index is 2.08. The fourth-order valence-corrected chi connectivity index (χ4v) is 3.90. The molecule has 5 heteroatoms. The molecule has 0 fully saturated rings. The lowest BCUT2D eigenvalue weighted by Crippen LogP contribution is -2.33. The second-order valence-corrected chi connectivity index (χ2v) is 6.93. The molecule has 3 rings (SSSR count). The molecular weight excluding hydrogens is 286 g/mol. The van der Waals surface area contributed by atoms with Crippen LogP contribution in [0.5, 0.6) is 0 Å². The van der Waals surface area contributed by atoms with E-state index in [9.17, 15) is 8.42 Å². The van der Waals surface area contributed by atoms with Gasteiger partial charge in [0.1, 0.15) is 0 Å². The molecule has 0 saturated heterocycles. The molecule has 0 bridgehead atoms. The zero-order valence-electron chi connectivity index (χ0n) is 11.8. The highest BCUT2D eigenvalue weighted by Gasteiger charge is 2.27. The van der Waals surface area contributed by atoms with Crippen LogP contribution in [0, 0.1) is 6.92 Å². The van der Waals surface area contributed by atoms with E-state index < -0.39 is 10.0 Å².